The highest BCUT2D eigenvalue weighted by molar-refractivity contribution is 5.24. The van der Waals surface area contributed by atoms with Crippen molar-refractivity contribution in [3.05, 3.63) is 35.4 Å². The molecule has 0 saturated heterocycles. The van der Waals surface area contributed by atoms with E-state index in [2.05, 4.69) is 12.2 Å². The van der Waals surface area contributed by atoms with Crippen LogP contribution in [0.3, 0.4) is 0 Å². The largest absolute Gasteiger partial charge is 0.416 e. The van der Waals surface area contributed by atoms with Crippen molar-refractivity contribution >= 4 is 0 Å². The highest BCUT2D eigenvalue weighted by Gasteiger charge is 2.29. The number of hydrogen-bond donors (Lipinski definition) is 1. The summed E-state index contributed by atoms with van der Waals surface area (Å²) in [5, 5.41) is 3.21. The highest BCUT2D eigenvalue weighted by Crippen LogP contribution is 2.28. The molecule has 0 aromatic heterocycles. The second-order valence-electron chi connectivity index (χ2n) is 4.08. The summed E-state index contributed by atoms with van der Waals surface area (Å²) in [5.74, 6) is 0. The molecule has 1 N–H and O–H groups in total. The van der Waals surface area contributed by atoms with Gasteiger partial charge in [0.25, 0.3) is 0 Å². The molecule has 96 valence electrons. The zero-order valence-corrected chi connectivity index (χ0v) is 9.98. The van der Waals surface area contributed by atoms with Crippen molar-refractivity contribution < 1.29 is 13.2 Å². The van der Waals surface area contributed by atoms with Crippen LogP contribution in [0.25, 0.3) is 0 Å². The molecule has 0 heterocycles. The summed E-state index contributed by atoms with van der Waals surface area (Å²) < 4.78 is 36.9. The van der Waals surface area contributed by atoms with Gasteiger partial charge in [-0.3, -0.25) is 0 Å². The molecule has 0 amide bonds. The van der Waals surface area contributed by atoms with Crippen LogP contribution in [0.5, 0.6) is 0 Å². The number of benzene rings is 1. The van der Waals surface area contributed by atoms with Gasteiger partial charge in [-0.15, -0.1) is 0 Å². The average Bonchev–Trinajstić information content (AvgIpc) is 2.28. The van der Waals surface area contributed by atoms with Crippen molar-refractivity contribution in [2.24, 2.45) is 0 Å². The summed E-state index contributed by atoms with van der Waals surface area (Å²) in [5.41, 5.74) is 0.293. The Bertz CT molecular complexity index is 316. The number of nitrogens with one attached hydrogen (secondary N) is 1. The van der Waals surface area contributed by atoms with Gasteiger partial charge in [-0.05, 0) is 30.7 Å². The fourth-order valence-corrected chi connectivity index (χ4v) is 1.54. The van der Waals surface area contributed by atoms with Gasteiger partial charge in [-0.2, -0.15) is 13.2 Å². The van der Waals surface area contributed by atoms with Gasteiger partial charge in [0.2, 0.25) is 0 Å². The van der Waals surface area contributed by atoms with Crippen LogP contribution in [-0.2, 0) is 12.7 Å². The molecule has 0 spiro atoms. The van der Waals surface area contributed by atoms with E-state index in [0.717, 1.165) is 30.7 Å². The lowest BCUT2D eigenvalue weighted by Gasteiger charge is -2.08. The molecule has 0 radical (unpaired) electrons. The third kappa shape index (κ3) is 5.22. The van der Waals surface area contributed by atoms with E-state index in [4.69, 9.17) is 0 Å². The maximum atomic E-state index is 12.3. The van der Waals surface area contributed by atoms with E-state index in [1.54, 1.807) is 0 Å². The van der Waals surface area contributed by atoms with Crippen molar-refractivity contribution in [3.63, 3.8) is 0 Å². The Labute approximate surface area is 100 Å². The molecule has 1 rings (SSSR count). The van der Waals surface area contributed by atoms with Crippen LogP contribution in [0.1, 0.15) is 37.3 Å². The van der Waals surface area contributed by atoms with Gasteiger partial charge in [0, 0.05) is 6.54 Å². The Morgan fingerprint density at radius 3 is 2.24 bits per heavy atom. The number of hydrogen-bond acceptors (Lipinski definition) is 1. The fraction of sp³-hybridized carbons (Fsp3) is 0.538. The molecule has 1 nitrogen and oxygen atoms in total. The Balaban J connectivity index is 2.36. The molecule has 0 unspecified atom stereocenters. The quantitative estimate of drug-likeness (QED) is 0.747. The van der Waals surface area contributed by atoms with Crippen LogP contribution in [0.4, 0.5) is 13.2 Å². The lowest BCUT2D eigenvalue weighted by atomic mass is 10.1. The Hall–Kier alpha value is -1.03. The van der Waals surface area contributed by atoms with Crippen molar-refractivity contribution in [2.45, 2.75) is 38.9 Å². The van der Waals surface area contributed by atoms with Gasteiger partial charge in [0.1, 0.15) is 0 Å². The number of unbranched alkanes of at least 4 members (excludes halogenated alkanes) is 2. The van der Waals surface area contributed by atoms with Gasteiger partial charge >= 0.3 is 6.18 Å². The Morgan fingerprint density at radius 2 is 1.71 bits per heavy atom. The maximum Gasteiger partial charge on any atom is 0.416 e. The number of alkyl halides is 3. The van der Waals surface area contributed by atoms with E-state index in [0.29, 0.717) is 6.54 Å². The Kier molecular flexibility index (Phi) is 5.48. The van der Waals surface area contributed by atoms with E-state index in [9.17, 15) is 13.2 Å². The van der Waals surface area contributed by atoms with Gasteiger partial charge in [0.05, 0.1) is 5.56 Å². The summed E-state index contributed by atoms with van der Waals surface area (Å²) in [6.07, 6.45) is -0.786. The first-order valence-electron chi connectivity index (χ1n) is 5.91. The normalized spacial score (nSPS) is 11.8. The van der Waals surface area contributed by atoms with E-state index in [1.807, 2.05) is 0 Å². The van der Waals surface area contributed by atoms with Crippen molar-refractivity contribution in [2.75, 3.05) is 6.54 Å². The SMILES string of the molecule is CCCCCNCc1ccc(C(F)(F)F)cc1. The summed E-state index contributed by atoms with van der Waals surface area (Å²) in [7, 11) is 0. The minimum Gasteiger partial charge on any atom is -0.313 e. The smallest absolute Gasteiger partial charge is 0.313 e. The summed E-state index contributed by atoms with van der Waals surface area (Å²) >= 11 is 0. The van der Waals surface area contributed by atoms with Gasteiger partial charge in [0.15, 0.2) is 0 Å². The second kappa shape index (κ2) is 6.64. The van der Waals surface area contributed by atoms with Crippen LogP contribution < -0.4 is 5.32 Å². The molecular weight excluding hydrogens is 227 g/mol. The van der Waals surface area contributed by atoms with Crippen molar-refractivity contribution in [1.29, 1.82) is 0 Å². The summed E-state index contributed by atoms with van der Waals surface area (Å²) in [6, 6.07) is 5.30. The highest BCUT2D eigenvalue weighted by atomic mass is 19.4. The number of rotatable bonds is 6. The number of halogens is 3. The second-order valence-corrected chi connectivity index (χ2v) is 4.08. The van der Waals surface area contributed by atoms with Crippen LogP contribution in [0.2, 0.25) is 0 Å². The first kappa shape index (κ1) is 14.0. The van der Waals surface area contributed by atoms with Gasteiger partial charge in [-0.25, -0.2) is 0 Å². The van der Waals surface area contributed by atoms with Gasteiger partial charge < -0.3 is 5.32 Å². The molecule has 0 bridgehead atoms. The van der Waals surface area contributed by atoms with E-state index in [-0.39, 0.29) is 0 Å². The van der Waals surface area contributed by atoms with Crippen LogP contribution in [0, 0.1) is 0 Å². The molecule has 0 aliphatic rings. The first-order valence-corrected chi connectivity index (χ1v) is 5.91. The van der Waals surface area contributed by atoms with Crippen LogP contribution in [-0.4, -0.2) is 6.54 Å². The lowest BCUT2D eigenvalue weighted by molar-refractivity contribution is -0.137. The minimum atomic E-state index is -4.24. The Morgan fingerprint density at radius 1 is 1.06 bits per heavy atom. The van der Waals surface area contributed by atoms with E-state index in [1.165, 1.54) is 25.0 Å². The first-order chi connectivity index (χ1) is 8.04. The zero-order chi connectivity index (χ0) is 12.7. The monoisotopic (exact) mass is 245 g/mol. The van der Waals surface area contributed by atoms with Crippen molar-refractivity contribution in [1.82, 2.24) is 5.32 Å². The van der Waals surface area contributed by atoms with E-state index < -0.39 is 11.7 Å². The minimum absolute atomic E-state index is 0.591. The predicted octanol–water partition coefficient (Wildman–Crippen LogP) is 3.99. The lowest BCUT2D eigenvalue weighted by Crippen LogP contribution is -2.14. The molecule has 4 heteroatoms. The maximum absolute atomic E-state index is 12.3. The van der Waals surface area contributed by atoms with Crippen LogP contribution in [0.15, 0.2) is 24.3 Å². The molecule has 17 heavy (non-hydrogen) atoms. The molecule has 1 aromatic rings. The van der Waals surface area contributed by atoms with Crippen molar-refractivity contribution in [3.8, 4) is 0 Å². The van der Waals surface area contributed by atoms with Gasteiger partial charge in [-0.1, -0.05) is 31.9 Å². The third-order valence-corrected chi connectivity index (χ3v) is 2.57. The standard InChI is InChI=1S/C13H18F3N/c1-2-3-4-9-17-10-11-5-7-12(8-6-11)13(14,15)16/h5-8,17H,2-4,9-10H2,1H3. The molecule has 0 fully saturated rings. The van der Waals surface area contributed by atoms with Crippen LogP contribution >= 0.6 is 0 Å². The topological polar surface area (TPSA) is 12.0 Å². The third-order valence-electron chi connectivity index (χ3n) is 2.57. The molecular formula is C13H18F3N. The fourth-order valence-electron chi connectivity index (χ4n) is 1.54. The predicted molar refractivity (Wildman–Crippen MR) is 62.7 cm³/mol. The summed E-state index contributed by atoms with van der Waals surface area (Å²) in [4.78, 5) is 0. The zero-order valence-electron chi connectivity index (χ0n) is 9.98. The molecule has 0 aliphatic carbocycles. The molecule has 0 atom stereocenters. The molecule has 0 saturated carbocycles. The summed E-state index contributed by atoms with van der Waals surface area (Å²) in [6.45, 7) is 3.67. The molecule has 1 aromatic carbocycles. The molecule has 0 aliphatic heterocycles. The average molecular weight is 245 g/mol. The van der Waals surface area contributed by atoms with E-state index >= 15 is 0 Å².